The Morgan fingerprint density at radius 1 is 1.12 bits per heavy atom. The molecule has 0 aliphatic heterocycles. The molecule has 0 aromatic heterocycles. The van der Waals surface area contributed by atoms with Crippen molar-refractivity contribution >= 4 is 11.9 Å². The van der Waals surface area contributed by atoms with Crippen molar-refractivity contribution in [3.05, 3.63) is 35.9 Å². The van der Waals surface area contributed by atoms with Gasteiger partial charge in [-0.2, -0.15) is 0 Å². The summed E-state index contributed by atoms with van der Waals surface area (Å²) in [4.78, 5) is 20.1. The van der Waals surface area contributed by atoms with Crippen LogP contribution in [-0.4, -0.2) is 17.0 Å². The number of carbonyl (C=O) groups is 2. The molecular formula is C13H18O4. The molecule has 0 aliphatic rings. The van der Waals surface area contributed by atoms with E-state index in [4.69, 9.17) is 9.84 Å². The highest BCUT2D eigenvalue weighted by Gasteiger charge is 1.97. The van der Waals surface area contributed by atoms with E-state index in [0.29, 0.717) is 13.0 Å². The minimum atomic E-state index is -0.745. The summed E-state index contributed by atoms with van der Waals surface area (Å²) in [5, 5.41) is 7.72. The average molecular weight is 238 g/mol. The predicted molar refractivity (Wildman–Crippen MR) is 64.5 cm³/mol. The van der Waals surface area contributed by atoms with E-state index in [1.165, 1.54) is 0 Å². The van der Waals surface area contributed by atoms with Gasteiger partial charge in [-0.3, -0.25) is 9.59 Å². The minimum absolute atomic E-state index is 0.154. The molecule has 1 N–H and O–H groups in total. The van der Waals surface area contributed by atoms with Gasteiger partial charge in [-0.05, 0) is 5.56 Å². The quantitative estimate of drug-likeness (QED) is 0.819. The minimum Gasteiger partial charge on any atom is -0.481 e. The lowest BCUT2D eigenvalue weighted by Gasteiger charge is -2.01. The van der Waals surface area contributed by atoms with Crippen LogP contribution in [0.1, 0.15) is 32.3 Å². The molecule has 0 bridgehead atoms. The number of rotatable bonds is 4. The lowest BCUT2D eigenvalue weighted by Crippen LogP contribution is -2.01. The second-order valence-corrected chi connectivity index (χ2v) is 3.25. The first-order valence-corrected chi connectivity index (χ1v) is 5.51. The molecule has 1 aromatic rings. The van der Waals surface area contributed by atoms with E-state index >= 15 is 0 Å². The molecule has 4 heteroatoms. The molecule has 0 atom stereocenters. The molecule has 0 unspecified atom stereocenters. The van der Waals surface area contributed by atoms with Gasteiger partial charge in [0.15, 0.2) is 0 Å². The molecule has 4 nitrogen and oxygen atoms in total. The molecule has 0 saturated heterocycles. The van der Waals surface area contributed by atoms with Gasteiger partial charge in [0.25, 0.3) is 0 Å². The first kappa shape index (κ1) is 15.2. The van der Waals surface area contributed by atoms with E-state index in [-0.39, 0.29) is 12.4 Å². The van der Waals surface area contributed by atoms with Crippen molar-refractivity contribution < 1.29 is 19.4 Å². The van der Waals surface area contributed by atoms with Gasteiger partial charge in [-0.1, -0.05) is 44.2 Å². The van der Waals surface area contributed by atoms with Gasteiger partial charge in [0.2, 0.25) is 0 Å². The van der Waals surface area contributed by atoms with Gasteiger partial charge < -0.3 is 9.84 Å². The number of carboxylic acids is 1. The molecule has 1 aromatic carbocycles. The normalized spacial score (nSPS) is 8.82. The topological polar surface area (TPSA) is 63.6 Å². The predicted octanol–water partition coefficient (Wildman–Crippen LogP) is 2.62. The summed E-state index contributed by atoms with van der Waals surface area (Å²) in [6.45, 7) is 3.77. The Kier molecular flexibility index (Phi) is 8.37. The van der Waals surface area contributed by atoms with Crippen LogP contribution < -0.4 is 0 Å². The van der Waals surface area contributed by atoms with Crippen LogP contribution in [-0.2, 0) is 20.9 Å². The van der Waals surface area contributed by atoms with E-state index in [1.54, 1.807) is 13.8 Å². The zero-order valence-electron chi connectivity index (χ0n) is 10.2. The van der Waals surface area contributed by atoms with Crippen LogP contribution in [0.5, 0.6) is 0 Å². The second kappa shape index (κ2) is 9.39. The third-order valence-electron chi connectivity index (χ3n) is 1.83. The van der Waals surface area contributed by atoms with E-state index in [9.17, 15) is 9.59 Å². The lowest BCUT2D eigenvalue weighted by molar-refractivity contribution is -0.144. The van der Waals surface area contributed by atoms with Gasteiger partial charge in [0.1, 0.15) is 6.61 Å². The number of esters is 1. The molecule has 0 saturated carbocycles. The first-order valence-electron chi connectivity index (χ1n) is 5.51. The Balaban J connectivity index is 0.000000437. The van der Waals surface area contributed by atoms with Crippen LogP contribution >= 0.6 is 0 Å². The number of ether oxygens (including phenoxy) is 1. The number of carbonyl (C=O) groups excluding carboxylic acids is 1. The highest BCUT2D eigenvalue weighted by Crippen LogP contribution is 2.00. The third kappa shape index (κ3) is 9.11. The number of hydrogen-bond donors (Lipinski definition) is 1. The second-order valence-electron chi connectivity index (χ2n) is 3.25. The fraction of sp³-hybridized carbons (Fsp3) is 0.385. The van der Waals surface area contributed by atoms with Crippen molar-refractivity contribution in [1.29, 1.82) is 0 Å². The Labute approximate surface area is 101 Å². The van der Waals surface area contributed by atoms with Crippen LogP contribution in [0.3, 0.4) is 0 Å². The van der Waals surface area contributed by atoms with Gasteiger partial charge in [0, 0.05) is 12.8 Å². The average Bonchev–Trinajstić information content (AvgIpc) is 2.37. The summed E-state index contributed by atoms with van der Waals surface area (Å²) in [5.41, 5.74) is 1.03. The van der Waals surface area contributed by atoms with Crippen LogP contribution in [0.15, 0.2) is 30.3 Å². The smallest absolute Gasteiger partial charge is 0.305 e. The molecule has 0 amide bonds. The van der Waals surface area contributed by atoms with E-state index in [1.807, 2.05) is 30.3 Å². The van der Waals surface area contributed by atoms with Crippen LogP contribution in [0.4, 0.5) is 0 Å². The number of aliphatic carboxylic acids is 1. The Hall–Kier alpha value is -1.84. The van der Waals surface area contributed by atoms with Crippen molar-refractivity contribution in [3.8, 4) is 0 Å². The molecule has 17 heavy (non-hydrogen) atoms. The molecule has 0 radical (unpaired) electrons. The van der Waals surface area contributed by atoms with Crippen molar-refractivity contribution in [2.75, 3.05) is 0 Å². The standard InChI is InChI=1S/C10H12O2.C3H6O2/c1-2-10(11)12-8-9-6-4-3-5-7-9;1-2-3(4)5/h3-7H,2,8H2,1H3;2H2,1H3,(H,4,5). The van der Waals surface area contributed by atoms with E-state index in [0.717, 1.165) is 5.56 Å². The lowest BCUT2D eigenvalue weighted by atomic mass is 10.2. The van der Waals surface area contributed by atoms with Crippen LogP contribution in [0, 0.1) is 0 Å². The molecule has 94 valence electrons. The van der Waals surface area contributed by atoms with Crippen LogP contribution in [0.2, 0.25) is 0 Å². The molecule has 0 aliphatic carbocycles. The third-order valence-corrected chi connectivity index (χ3v) is 1.83. The number of hydrogen-bond acceptors (Lipinski definition) is 3. The zero-order valence-corrected chi connectivity index (χ0v) is 10.2. The van der Waals surface area contributed by atoms with Gasteiger partial charge in [0.05, 0.1) is 0 Å². The first-order chi connectivity index (χ1) is 8.10. The van der Waals surface area contributed by atoms with E-state index in [2.05, 4.69) is 0 Å². The van der Waals surface area contributed by atoms with Gasteiger partial charge in [-0.25, -0.2) is 0 Å². The molecule has 0 spiro atoms. The Morgan fingerprint density at radius 3 is 2.06 bits per heavy atom. The molecule has 0 fully saturated rings. The summed E-state index contributed by atoms with van der Waals surface area (Å²) in [6, 6.07) is 9.65. The summed E-state index contributed by atoms with van der Waals surface area (Å²) < 4.78 is 4.94. The number of benzene rings is 1. The number of carboxylic acid groups (broad SMARTS) is 1. The Morgan fingerprint density at radius 2 is 1.65 bits per heavy atom. The zero-order chi connectivity index (χ0) is 13.1. The fourth-order valence-electron chi connectivity index (χ4n) is 0.840. The maximum absolute atomic E-state index is 10.8. The summed E-state index contributed by atoms with van der Waals surface area (Å²) in [6.07, 6.45) is 0.660. The summed E-state index contributed by atoms with van der Waals surface area (Å²) >= 11 is 0. The maximum atomic E-state index is 10.8. The molecule has 1 rings (SSSR count). The van der Waals surface area contributed by atoms with E-state index < -0.39 is 5.97 Å². The molecular weight excluding hydrogens is 220 g/mol. The van der Waals surface area contributed by atoms with Crippen molar-refractivity contribution in [2.45, 2.75) is 33.3 Å². The van der Waals surface area contributed by atoms with Crippen molar-refractivity contribution in [2.24, 2.45) is 0 Å². The fourth-order valence-corrected chi connectivity index (χ4v) is 0.840. The SMILES string of the molecule is CCC(=O)O.CCC(=O)OCc1ccccc1. The van der Waals surface area contributed by atoms with Gasteiger partial charge >= 0.3 is 11.9 Å². The Bertz CT molecular complexity index is 333. The van der Waals surface area contributed by atoms with Crippen LogP contribution in [0.25, 0.3) is 0 Å². The van der Waals surface area contributed by atoms with Gasteiger partial charge in [-0.15, -0.1) is 0 Å². The van der Waals surface area contributed by atoms with Crippen molar-refractivity contribution in [1.82, 2.24) is 0 Å². The summed E-state index contributed by atoms with van der Waals surface area (Å²) in [5.74, 6) is -0.899. The monoisotopic (exact) mass is 238 g/mol. The van der Waals surface area contributed by atoms with Crippen molar-refractivity contribution in [3.63, 3.8) is 0 Å². The molecule has 0 heterocycles. The maximum Gasteiger partial charge on any atom is 0.305 e. The highest BCUT2D eigenvalue weighted by atomic mass is 16.5. The largest absolute Gasteiger partial charge is 0.481 e. The highest BCUT2D eigenvalue weighted by molar-refractivity contribution is 5.68. The summed E-state index contributed by atoms with van der Waals surface area (Å²) in [7, 11) is 0.